The Morgan fingerprint density at radius 2 is 1.26 bits per heavy atom. The van der Waals surface area contributed by atoms with E-state index in [0.29, 0.717) is 29.0 Å². The Hall–Kier alpha value is -4.05. The predicted octanol–water partition coefficient (Wildman–Crippen LogP) is 9.04. The van der Waals surface area contributed by atoms with Gasteiger partial charge in [0.2, 0.25) is 0 Å². The Morgan fingerprint density at radius 3 is 1.86 bits per heavy atom. The van der Waals surface area contributed by atoms with Gasteiger partial charge in [0.15, 0.2) is 11.6 Å². The van der Waals surface area contributed by atoms with Crippen LogP contribution in [0, 0.1) is 17.5 Å². The number of halogens is 3. The Morgan fingerprint density at radius 1 is 0.657 bits per heavy atom. The molecule has 4 aromatic carbocycles. The van der Waals surface area contributed by atoms with Crippen LogP contribution in [0.1, 0.15) is 30.5 Å². The fourth-order valence-electron chi connectivity index (χ4n) is 3.83. The number of benzene rings is 4. The molecule has 0 aromatic heterocycles. The fraction of sp³-hybridized carbons (Fsp3) is 0.0968. The Labute approximate surface area is 203 Å². The second-order valence-electron chi connectivity index (χ2n) is 7.98. The van der Waals surface area contributed by atoms with E-state index in [9.17, 15) is 13.2 Å². The zero-order valence-electron chi connectivity index (χ0n) is 19.6. The lowest BCUT2D eigenvalue weighted by Crippen LogP contribution is -1.93. The van der Waals surface area contributed by atoms with Crippen LogP contribution in [0.3, 0.4) is 0 Å². The number of rotatable bonds is 7. The van der Waals surface area contributed by atoms with E-state index in [1.807, 2.05) is 38.1 Å². The SMILES string of the molecule is CC=Cc1ccc(-c2ccc(C=Cc3ccc(-c4ccc(OCC)cc4F)cc3)c(F)c2F)cc1. The lowest BCUT2D eigenvalue weighted by molar-refractivity contribution is 0.338. The van der Waals surface area contributed by atoms with Crippen LogP contribution in [0.2, 0.25) is 0 Å². The Bertz CT molecular complexity index is 1370. The van der Waals surface area contributed by atoms with Gasteiger partial charge in [-0.3, -0.25) is 0 Å². The van der Waals surface area contributed by atoms with Crippen molar-refractivity contribution in [2.45, 2.75) is 13.8 Å². The van der Waals surface area contributed by atoms with Crippen molar-refractivity contribution in [2.24, 2.45) is 0 Å². The van der Waals surface area contributed by atoms with Crippen LogP contribution in [-0.2, 0) is 0 Å². The maximum absolute atomic E-state index is 14.8. The largest absolute Gasteiger partial charge is 0.494 e. The molecule has 0 fully saturated rings. The third kappa shape index (κ3) is 5.55. The molecule has 0 unspecified atom stereocenters. The zero-order chi connectivity index (χ0) is 24.8. The summed E-state index contributed by atoms with van der Waals surface area (Å²) in [6.07, 6.45) is 7.09. The summed E-state index contributed by atoms with van der Waals surface area (Å²) >= 11 is 0. The van der Waals surface area contributed by atoms with Crippen molar-refractivity contribution in [2.75, 3.05) is 6.61 Å². The van der Waals surface area contributed by atoms with Crippen molar-refractivity contribution in [3.8, 4) is 28.0 Å². The zero-order valence-corrected chi connectivity index (χ0v) is 19.6. The molecule has 0 amide bonds. The Balaban J connectivity index is 1.52. The molecule has 4 heteroatoms. The third-order valence-electron chi connectivity index (χ3n) is 5.62. The molecule has 0 atom stereocenters. The summed E-state index contributed by atoms with van der Waals surface area (Å²) in [7, 11) is 0. The minimum Gasteiger partial charge on any atom is -0.494 e. The molecular weight excluding hydrogens is 445 g/mol. The molecule has 1 nitrogen and oxygen atoms in total. The molecule has 4 aromatic rings. The summed E-state index contributed by atoms with van der Waals surface area (Å²) in [6.45, 7) is 4.24. The molecule has 4 rings (SSSR count). The van der Waals surface area contributed by atoms with E-state index >= 15 is 0 Å². The van der Waals surface area contributed by atoms with Crippen molar-refractivity contribution in [1.82, 2.24) is 0 Å². The van der Waals surface area contributed by atoms with Gasteiger partial charge in [0.25, 0.3) is 0 Å². The number of hydrogen-bond donors (Lipinski definition) is 0. The highest BCUT2D eigenvalue weighted by molar-refractivity contribution is 5.75. The van der Waals surface area contributed by atoms with Gasteiger partial charge in [-0.25, -0.2) is 13.2 Å². The molecular formula is C31H25F3O. The fourth-order valence-corrected chi connectivity index (χ4v) is 3.83. The molecule has 0 N–H and O–H groups in total. The van der Waals surface area contributed by atoms with Gasteiger partial charge in [0.05, 0.1) is 6.61 Å². The molecule has 0 saturated heterocycles. The van der Waals surface area contributed by atoms with Crippen LogP contribution in [0.15, 0.2) is 84.9 Å². The topological polar surface area (TPSA) is 9.23 Å². The van der Waals surface area contributed by atoms with Crippen molar-refractivity contribution in [3.63, 3.8) is 0 Å². The highest BCUT2D eigenvalue weighted by atomic mass is 19.2. The Kier molecular flexibility index (Phi) is 7.51. The monoisotopic (exact) mass is 470 g/mol. The van der Waals surface area contributed by atoms with Gasteiger partial charge >= 0.3 is 0 Å². The summed E-state index contributed by atoms with van der Waals surface area (Å²) in [4.78, 5) is 0. The maximum atomic E-state index is 14.8. The molecule has 176 valence electrons. The summed E-state index contributed by atoms with van der Waals surface area (Å²) in [5, 5.41) is 0. The van der Waals surface area contributed by atoms with E-state index in [4.69, 9.17) is 4.74 Å². The minimum atomic E-state index is -0.899. The first-order valence-electron chi connectivity index (χ1n) is 11.4. The summed E-state index contributed by atoms with van der Waals surface area (Å²) in [5.41, 5.74) is 3.93. The quantitative estimate of drug-likeness (QED) is 0.245. The number of allylic oxidation sites excluding steroid dienone is 1. The van der Waals surface area contributed by atoms with Crippen LogP contribution in [0.25, 0.3) is 40.5 Å². The second kappa shape index (κ2) is 10.9. The molecule has 35 heavy (non-hydrogen) atoms. The van der Waals surface area contributed by atoms with Gasteiger partial charge in [0.1, 0.15) is 11.6 Å². The first-order chi connectivity index (χ1) is 17.0. The molecule has 0 aliphatic heterocycles. The molecule has 0 aliphatic rings. The lowest BCUT2D eigenvalue weighted by atomic mass is 10.00. The molecule has 0 aliphatic carbocycles. The standard InChI is InChI=1S/C31H25F3O/c1-3-5-21-6-13-24(14-7-21)28-18-16-25(30(33)31(28)34)15-10-22-8-11-23(12-9-22)27-19-17-26(35-4-2)20-29(27)32/h3,5-20H,4H2,1-2H3. The van der Waals surface area contributed by atoms with Gasteiger partial charge in [-0.15, -0.1) is 0 Å². The van der Waals surface area contributed by atoms with Crippen LogP contribution >= 0.6 is 0 Å². The molecule has 0 bridgehead atoms. The van der Waals surface area contributed by atoms with Crippen LogP contribution in [-0.4, -0.2) is 6.61 Å². The molecule has 0 radical (unpaired) electrons. The predicted molar refractivity (Wildman–Crippen MR) is 138 cm³/mol. The minimum absolute atomic E-state index is 0.151. The normalized spacial score (nSPS) is 11.5. The van der Waals surface area contributed by atoms with Gasteiger partial charge in [-0.05, 0) is 48.2 Å². The van der Waals surface area contributed by atoms with Crippen molar-refractivity contribution in [3.05, 3.63) is 119 Å². The average Bonchev–Trinajstić information content (AvgIpc) is 2.87. The maximum Gasteiger partial charge on any atom is 0.167 e. The van der Waals surface area contributed by atoms with E-state index in [1.165, 1.54) is 12.1 Å². The molecule has 0 saturated carbocycles. The first-order valence-corrected chi connectivity index (χ1v) is 11.4. The van der Waals surface area contributed by atoms with E-state index < -0.39 is 11.6 Å². The summed E-state index contributed by atoms with van der Waals surface area (Å²) < 4.78 is 49.4. The van der Waals surface area contributed by atoms with Crippen LogP contribution in [0.4, 0.5) is 13.2 Å². The molecule has 0 heterocycles. The lowest BCUT2D eigenvalue weighted by Gasteiger charge is -2.08. The van der Waals surface area contributed by atoms with E-state index in [1.54, 1.807) is 66.7 Å². The van der Waals surface area contributed by atoms with Crippen molar-refractivity contribution < 1.29 is 17.9 Å². The summed E-state index contributed by atoms with van der Waals surface area (Å²) in [6, 6.07) is 22.4. The number of ether oxygens (including phenoxy) is 1. The number of hydrogen-bond acceptors (Lipinski definition) is 1. The van der Waals surface area contributed by atoms with Crippen molar-refractivity contribution >= 4 is 18.2 Å². The van der Waals surface area contributed by atoms with Gasteiger partial charge in [-0.1, -0.05) is 85.0 Å². The van der Waals surface area contributed by atoms with E-state index in [-0.39, 0.29) is 16.9 Å². The summed E-state index contributed by atoms with van der Waals surface area (Å²) in [5.74, 6) is -1.66. The third-order valence-corrected chi connectivity index (χ3v) is 5.62. The van der Waals surface area contributed by atoms with Gasteiger partial charge in [0, 0.05) is 22.8 Å². The van der Waals surface area contributed by atoms with Crippen LogP contribution < -0.4 is 4.74 Å². The molecule has 0 spiro atoms. The van der Waals surface area contributed by atoms with Crippen molar-refractivity contribution in [1.29, 1.82) is 0 Å². The average molecular weight is 471 g/mol. The van der Waals surface area contributed by atoms with E-state index in [2.05, 4.69) is 0 Å². The van der Waals surface area contributed by atoms with Gasteiger partial charge in [-0.2, -0.15) is 0 Å². The highest BCUT2D eigenvalue weighted by Gasteiger charge is 2.13. The second-order valence-corrected chi connectivity index (χ2v) is 7.98. The smallest absolute Gasteiger partial charge is 0.167 e. The highest BCUT2D eigenvalue weighted by Crippen LogP contribution is 2.29. The van der Waals surface area contributed by atoms with Gasteiger partial charge < -0.3 is 4.74 Å². The first kappa shape index (κ1) is 24.1. The van der Waals surface area contributed by atoms with E-state index in [0.717, 1.165) is 11.1 Å². The van der Waals surface area contributed by atoms with Crippen LogP contribution in [0.5, 0.6) is 5.75 Å².